The highest BCUT2D eigenvalue weighted by atomic mass is 16.6. The minimum Gasteiger partial charge on any atom is -0.465 e. The van der Waals surface area contributed by atoms with Crippen molar-refractivity contribution in [1.29, 1.82) is 0 Å². The molecule has 7 nitrogen and oxygen atoms in total. The van der Waals surface area contributed by atoms with Crippen LogP contribution in [0, 0.1) is 5.92 Å². The molecule has 2 aromatic rings. The van der Waals surface area contributed by atoms with Gasteiger partial charge >= 0.3 is 17.9 Å². The van der Waals surface area contributed by atoms with E-state index in [1.54, 1.807) is 54.6 Å². The molecule has 0 saturated heterocycles. The SMILES string of the molecule is CCCCCCCCCOC(=O)C(/C=C/c1ccc(C(=O)Oc2ccc(C=O)cc2)cc1)C(=O)OCCCCCCCCC. The smallest absolute Gasteiger partial charge is 0.343 e. The van der Waals surface area contributed by atoms with Crippen LogP contribution in [-0.4, -0.2) is 37.4 Å². The second-order valence-corrected chi connectivity index (χ2v) is 11.1. The van der Waals surface area contributed by atoms with E-state index < -0.39 is 23.8 Å². The highest BCUT2D eigenvalue weighted by Gasteiger charge is 2.27. The van der Waals surface area contributed by atoms with E-state index >= 15 is 0 Å². The molecule has 0 amide bonds. The summed E-state index contributed by atoms with van der Waals surface area (Å²) in [7, 11) is 0. The maximum absolute atomic E-state index is 12.9. The zero-order chi connectivity index (χ0) is 31.8. The molecule has 0 aromatic heterocycles. The van der Waals surface area contributed by atoms with E-state index in [-0.39, 0.29) is 13.2 Å². The lowest BCUT2D eigenvalue weighted by Gasteiger charge is -2.13. The van der Waals surface area contributed by atoms with Gasteiger partial charge in [-0.25, -0.2) is 4.79 Å². The highest BCUT2D eigenvalue weighted by molar-refractivity contribution is 5.98. The number of hydrogen-bond donors (Lipinski definition) is 0. The average Bonchev–Trinajstić information content (AvgIpc) is 3.04. The molecule has 44 heavy (non-hydrogen) atoms. The molecule has 0 bridgehead atoms. The van der Waals surface area contributed by atoms with Gasteiger partial charge in [0.15, 0.2) is 5.92 Å². The van der Waals surface area contributed by atoms with Crippen LogP contribution in [0.1, 0.15) is 130 Å². The van der Waals surface area contributed by atoms with Gasteiger partial charge in [0, 0.05) is 5.56 Å². The Labute approximate surface area is 263 Å². The number of carbonyl (C=O) groups excluding carboxylic acids is 4. The Morgan fingerprint density at radius 1 is 0.614 bits per heavy atom. The minimum absolute atomic E-state index is 0.274. The second kappa shape index (κ2) is 22.8. The van der Waals surface area contributed by atoms with Gasteiger partial charge in [-0.3, -0.25) is 14.4 Å². The summed E-state index contributed by atoms with van der Waals surface area (Å²) in [4.78, 5) is 49.2. The van der Waals surface area contributed by atoms with Gasteiger partial charge in [0.25, 0.3) is 0 Å². The van der Waals surface area contributed by atoms with Crippen LogP contribution in [0.4, 0.5) is 0 Å². The van der Waals surface area contributed by atoms with E-state index in [2.05, 4.69) is 13.8 Å². The molecule has 0 aliphatic heterocycles. The molecule has 7 heteroatoms. The predicted octanol–water partition coefficient (Wildman–Crippen LogP) is 8.94. The van der Waals surface area contributed by atoms with Gasteiger partial charge in [-0.15, -0.1) is 0 Å². The molecule has 0 unspecified atom stereocenters. The lowest BCUT2D eigenvalue weighted by molar-refractivity contribution is -0.159. The first kappa shape index (κ1) is 36.5. The molecule has 0 fully saturated rings. The van der Waals surface area contributed by atoms with E-state index in [9.17, 15) is 19.2 Å². The topological polar surface area (TPSA) is 96.0 Å². The van der Waals surface area contributed by atoms with Crippen LogP contribution in [0.5, 0.6) is 5.75 Å². The van der Waals surface area contributed by atoms with Gasteiger partial charge < -0.3 is 14.2 Å². The number of esters is 3. The summed E-state index contributed by atoms with van der Waals surface area (Å²) in [6, 6.07) is 12.9. The summed E-state index contributed by atoms with van der Waals surface area (Å²) in [6.07, 6.45) is 19.3. The van der Waals surface area contributed by atoms with Crippen molar-refractivity contribution >= 4 is 30.3 Å². The molecule has 2 aromatic carbocycles. The summed E-state index contributed by atoms with van der Waals surface area (Å²) in [5, 5.41) is 0. The largest absolute Gasteiger partial charge is 0.465 e. The zero-order valence-electron chi connectivity index (χ0n) is 26.6. The molecule has 0 radical (unpaired) electrons. The fourth-order valence-corrected chi connectivity index (χ4v) is 4.61. The third-order valence-electron chi connectivity index (χ3n) is 7.35. The van der Waals surface area contributed by atoms with E-state index in [1.165, 1.54) is 57.4 Å². The minimum atomic E-state index is -1.16. The molecular formula is C37H50O7. The van der Waals surface area contributed by atoms with Gasteiger partial charge in [-0.05, 0) is 54.8 Å². The molecule has 0 spiro atoms. The fraction of sp³-hybridized carbons (Fsp3) is 0.514. The van der Waals surface area contributed by atoms with Crippen molar-refractivity contribution in [1.82, 2.24) is 0 Å². The Bertz CT molecular complexity index is 1100. The molecule has 240 valence electrons. The summed E-state index contributed by atoms with van der Waals surface area (Å²) in [6.45, 7) is 4.93. The number of rotatable bonds is 23. The van der Waals surface area contributed by atoms with Crippen molar-refractivity contribution in [3.05, 3.63) is 71.3 Å². The Morgan fingerprint density at radius 3 is 1.55 bits per heavy atom. The maximum atomic E-state index is 12.9. The first-order chi connectivity index (χ1) is 21.5. The molecular weight excluding hydrogens is 556 g/mol. The first-order valence-electron chi connectivity index (χ1n) is 16.4. The Kier molecular flexibility index (Phi) is 18.8. The molecule has 2 rings (SSSR count). The lowest BCUT2D eigenvalue weighted by atomic mass is 10.1. The van der Waals surface area contributed by atoms with Gasteiger partial charge in [0.2, 0.25) is 0 Å². The molecule has 0 saturated carbocycles. The Hall–Kier alpha value is -3.74. The summed E-state index contributed by atoms with van der Waals surface area (Å²) >= 11 is 0. The standard InChI is InChI=1S/C37H50O7/c1-3-5-7-9-11-13-15-27-42-36(40)34(37(41)43-28-16-14-12-10-8-6-4-2)26-21-30-17-22-32(23-18-30)35(39)44-33-24-19-31(29-38)20-25-33/h17-26,29,34H,3-16,27-28H2,1-2H3/b26-21+. The van der Waals surface area contributed by atoms with E-state index in [1.807, 2.05) is 0 Å². The van der Waals surface area contributed by atoms with Crippen molar-refractivity contribution in [2.24, 2.45) is 5.92 Å². The second-order valence-electron chi connectivity index (χ2n) is 11.1. The van der Waals surface area contributed by atoms with Gasteiger partial charge in [0.1, 0.15) is 12.0 Å². The van der Waals surface area contributed by atoms with Gasteiger partial charge in [-0.2, -0.15) is 0 Å². The van der Waals surface area contributed by atoms with Crippen LogP contribution >= 0.6 is 0 Å². The van der Waals surface area contributed by atoms with Crippen LogP contribution < -0.4 is 4.74 Å². The van der Waals surface area contributed by atoms with Crippen molar-refractivity contribution in [2.75, 3.05) is 13.2 Å². The average molecular weight is 607 g/mol. The number of unbranched alkanes of at least 4 members (excludes halogenated alkanes) is 12. The summed E-state index contributed by atoms with van der Waals surface area (Å²) < 4.78 is 16.3. The van der Waals surface area contributed by atoms with E-state index in [4.69, 9.17) is 14.2 Å². The van der Waals surface area contributed by atoms with Crippen LogP contribution in [0.25, 0.3) is 6.08 Å². The van der Waals surface area contributed by atoms with Crippen LogP contribution in [0.15, 0.2) is 54.6 Å². The van der Waals surface area contributed by atoms with Gasteiger partial charge in [0.05, 0.1) is 18.8 Å². The van der Waals surface area contributed by atoms with Crippen LogP contribution in [0.3, 0.4) is 0 Å². The zero-order valence-corrected chi connectivity index (χ0v) is 26.6. The molecule has 0 aliphatic rings. The lowest BCUT2D eigenvalue weighted by Crippen LogP contribution is -2.27. The van der Waals surface area contributed by atoms with Crippen molar-refractivity contribution in [2.45, 2.75) is 104 Å². The number of hydrogen-bond acceptors (Lipinski definition) is 7. The number of carbonyl (C=O) groups is 4. The third-order valence-corrected chi connectivity index (χ3v) is 7.35. The van der Waals surface area contributed by atoms with E-state index in [0.717, 1.165) is 44.8 Å². The Balaban J connectivity index is 1.93. The third kappa shape index (κ3) is 15.1. The maximum Gasteiger partial charge on any atom is 0.343 e. The van der Waals surface area contributed by atoms with Crippen LogP contribution in [-0.2, 0) is 19.1 Å². The number of aldehydes is 1. The molecule has 0 N–H and O–H groups in total. The summed E-state index contributed by atoms with van der Waals surface area (Å²) in [5.74, 6) is -2.60. The molecule has 0 heterocycles. The number of ether oxygens (including phenoxy) is 3. The first-order valence-corrected chi connectivity index (χ1v) is 16.4. The highest BCUT2D eigenvalue weighted by Crippen LogP contribution is 2.16. The quantitative estimate of drug-likeness (QED) is 0.0410. The van der Waals surface area contributed by atoms with E-state index in [0.29, 0.717) is 22.4 Å². The summed E-state index contributed by atoms with van der Waals surface area (Å²) in [5.41, 5.74) is 1.52. The monoisotopic (exact) mass is 606 g/mol. The predicted molar refractivity (Wildman–Crippen MR) is 174 cm³/mol. The molecule has 0 atom stereocenters. The van der Waals surface area contributed by atoms with Crippen molar-refractivity contribution in [3.63, 3.8) is 0 Å². The van der Waals surface area contributed by atoms with Crippen molar-refractivity contribution in [3.8, 4) is 5.75 Å². The van der Waals surface area contributed by atoms with Gasteiger partial charge in [-0.1, -0.05) is 115 Å². The van der Waals surface area contributed by atoms with Crippen molar-refractivity contribution < 1.29 is 33.4 Å². The molecule has 0 aliphatic carbocycles. The Morgan fingerprint density at radius 2 is 1.07 bits per heavy atom. The van der Waals surface area contributed by atoms with Crippen LogP contribution in [0.2, 0.25) is 0 Å². The number of benzene rings is 2. The normalized spacial score (nSPS) is 11.1. The fourth-order valence-electron chi connectivity index (χ4n) is 4.61.